The molecule has 1 N–H and O–H groups in total. The van der Waals surface area contributed by atoms with Gasteiger partial charge in [0.05, 0.1) is 17.9 Å². The van der Waals surface area contributed by atoms with Crippen LogP contribution in [0.5, 0.6) is 0 Å². The van der Waals surface area contributed by atoms with Crippen LogP contribution < -0.4 is 5.32 Å². The van der Waals surface area contributed by atoms with Crippen LogP contribution in [0.4, 0.5) is 4.39 Å². The van der Waals surface area contributed by atoms with E-state index >= 15 is 0 Å². The molecule has 0 radical (unpaired) electrons. The number of benzene rings is 1. The normalized spacial score (nSPS) is 12.7. The lowest BCUT2D eigenvalue weighted by Crippen LogP contribution is -2.24. The highest BCUT2D eigenvalue weighted by Crippen LogP contribution is 2.28. The quantitative estimate of drug-likeness (QED) is 0.943. The van der Waals surface area contributed by atoms with Gasteiger partial charge in [-0.3, -0.25) is 4.68 Å². The zero-order chi connectivity index (χ0) is 13.1. The molecule has 0 aliphatic heterocycles. The van der Waals surface area contributed by atoms with Gasteiger partial charge in [-0.05, 0) is 30.3 Å². The second-order valence-corrected chi connectivity index (χ2v) is 4.79. The molecule has 1 aromatic carbocycles. The fraction of sp³-hybridized carbons (Fsp3) is 0.333. The lowest BCUT2D eigenvalue weighted by atomic mass is 10.0. The standard InChI is InChI=1S/C12H14BrFN4/c1-3-15-12(11-7-16-17-18(11)2)9-6-8(14)4-5-10(9)13/h4-7,12,15H,3H2,1-2H3. The van der Waals surface area contributed by atoms with E-state index in [4.69, 9.17) is 0 Å². The van der Waals surface area contributed by atoms with Gasteiger partial charge in [0.2, 0.25) is 0 Å². The molecule has 1 aromatic heterocycles. The van der Waals surface area contributed by atoms with Crippen molar-refractivity contribution in [3.63, 3.8) is 0 Å². The molecule has 4 nitrogen and oxygen atoms in total. The third kappa shape index (κ3) is 2.59. The molecule has 1 atom stereocenters. The van der Waals surface area contributed by atoms with Crippen molar-refractivity contribution in [2.45, 2.75) is 13.0 Å². The fourth-order valence-electron chi connectivity index (χ4n) is 1.87. The van der Waals surface area contributed by atoms with Gasteiger partial charge in [0.25, 0.3) is 0 Å². The Labute approximate surface area is 113 Å². The highest BCUT2D eigenvalue weighted by atomic mass is 79.9. The predicted molar refractivity (Wildman–Crippen MR) is 70.6 cm³/mol. The maximum absolute atomic E-state index is 13.4. The monoisotopic (exact) mass is 312 g/mol. The number of nitrogens with zero attached hydrogens (tertiary/aromatic N) is 3. The minimum Gasteiger partial charge on any atom is -0.305 e. The van der Waals surface area contributed by atoms with Crippen molar-refractivity contribution in [2.24, 2.45) is 7.05 Å². The summed E-state index contributed by atoms with van der Waals surface area (Å²) in [7, 11) is 1.82. The molecule has 2 rings (SSSR count). The van der Waals surface area contributed by atoms with Crippen LogP contribution in [0.2, 0.25) is 0 Å². The van der Waals surface area contributed by atoms with Gasteiger partial charge in [-0.15, -0.1) is 5.10 Å². The molecule has 1 heterocycles. The van der Waals surface area contributed by atoms with E-state index in [-0.39, 0.29) is 11.9 Å². The van der Waals surface area contributed by atoms with Gasteiger partial charge < -0.3 is 5.32 Å². The van der Waals surface area contributed by atoms with Crippen LogP contribution in [-0.4, -0.2) is 21.5 Å². The van der Waals surface area contributed by atoms with Gasteiger partial charge in [0.15, 0.2) is 0 Å². The highest BCUT2D eigenvalue weighted by Gasteiger charge is 2.19. The SMILES string of the molecule is CCNC(c1cc(F)ccc1Br)c1cnnn1C. The third-order valence-electron chi connectivity index (χ3n) is 2.72. The Morgan fingerprint density at radius 1 is 1.50 bits per heavy atom. The molecule has 18 heavy (non-hydrogen) atoms. The number of halogens is 2. The van der Waals surface area contributed by atoms with E-state index in [1.54, 1.807) is 16.9 Å². The molecule has 0 saturated heterocycles. The molecule has 1 unspecified atom stereocenters. The van der Waals surface area contributed by atoms with E-state index in [1.807, 2.05) is 14.0 Å². The summed E-state index contributed by atoms with van der Waals surface area (Å²) in [6.07, 6.45) is 1.69. The summed E-state index contributed by atoms with van der Waals surface area (Å²) in [5, 5.41) is 11.1. The lowest BCUT2D eigenvalue weighted by molar-refractivity contribution is 0.559. The largest absolute Gasteiger partial charge is 0.305 e. The maximum Gasteiger partial charge on any atom is 0.123 e. The van der Waals surface area contributed by atoms with E-state index in [2.05, 4.69) is 31.6 Å². The first-order valence-corrected chi connectivity index (χ1v) is 6.45. The molecule has 2 aromatic rings. The van der Waals surface area contributed by atoms with Crippen molar-refractivity contribution in [1.29, 1.82) is 0 Å². The first kappa shape index (κ1) is 13.2. The van der Waals surface area contributed by atoms with Gasteiger partial charge in [0, 0.05) is 11.5 Å². The van der Waals surface area contributed by atoms with Crippen LogP contribution in [0, 0.1) is 5.82 Å². The summed E-state index contributed by atoms with van der Waals surface area (Å²) in [6.45, 7) is 2.77. The molecule has 6 heteroatoms. The molecule has 0 amide bonds. The molecule has 0 aliphatic carbocycles. The lowest BCUT2D eigenvalue weighted by Gasteiger charge is -2.19. The minimum atomic E-state index is -0.258. The second kappa shape index (κ2) is 5.58. The van der Waals surface area contributed by atoms with Crippen LogP contribution in [0.1, 0.15) is 24.2 Å². The van der Waals surface area contributed by atoms with Crippen molar-refractivity contribution in [2.75, 3.05) is 6.54 Å². The second-order valence-electron chi connectivity index (χ2n) is 3.94. The Kier molecular flexibility index (Phi) is 4.08. The van der Waals surface area contributed by atoms with Gasteiger partial charge in [0.1, 0.15) is 5.82 Å². The van der Waals surface area contributed by atoms with Crippen molar-refractivity contribution in [3.8, 4) is 0 Å². The average molecular weight is 313 g/mol. The Bertz CT molecular complexity index is 541. The molecule has 0 spiro atoms. The minimum absolute atomic E-state index is 0.139. The van der Waals surface area contributed by atoms with Gasteiger partial charge >= 0.3 is 0 Å². The van der Waals surface area contributed by atoms with E-state index in [9.17, 15) is 4.39 Å². The summed E-state index contributed by atoms with van der Waals surface area (Å²) in [5.74, 6) is -0.258. The smallest absolute Gasteiger partial charge is 0.123 e. The molecule has 0 bridgehead atoms. The van der Waals surface area contributed by atoms with Crippen LogP contribution >= 0.6 is 15.9 Å². The van der Waals surface area contributed by atoms with E-state index < -0.39 is 0 Å². The Balaban J connectivity index is 2.48. The van der Waals surface area contributed by atoms with Crippen LogP contribution in [0.25, 0.3) is 0 Å². The van der Waals surface area contributed by atoms with Crippen molar-refractivity contribution in [3.05, 3.63) is 45.9 Å². The van der Waals surface area contributed by atoms with Crippen LogP contribution in [0.15, 0.2) is 28.9 Å². The van der Waals surface area contributed by atoms with Gasteiger partial charge in [-0.2, -0.15) is 0 Å². The summed E-state index contributed by atoms with van der Waals surface area (Å²) < 4.78 is 15.9. The summed E-state index contributed by atoms with van der Waals surface area (Å²) >= 11 is 3.45. The van der Waals surface area contributed by atoms with Crippen LogP contribution in [0.3, 0.4) is 0 Å². The number of rotatable bonds is 4. The zero-order valence-corrected chi connectivity index (χ0v) is 11.8. The third-order valence-corrected chi connectivity index (χ3v) is 3.44. The van der Waals surface area contributed by atoms with Gasteiger partial charge in [-0.25, -0.2) is 4.39 Å². The molecule has 0 aliphatic rings. The molecular weight excluding hydrogens is 299 g/mol. The number of nitrogens with one attached hydrogen (secondary N) is 1. The van der Waals surface area contributed by atoms with Crippen LogP contribution in [-0.2, 0) is 7.05 Å². The Hall–Kier alpha value is -1.27. The topological polar surface area (TPSA) is 42.7 Å². The van der Waals surface area contributed by atoms with Gasteiger partial charge in [-0.1, -0.05) is 28.1 Å². The predicted octanol–water partition coefficient (Wildman–Crippen LogP) is 2.42. The summed E-state index contributed by atoms with van der Waals surface area (Å²) in [4.78, 5) is 0. The fourth-order valence-corrected chi connectivity index (χ4v) is 2.35. The first-order valence-electron chi connectivity index (χ1n) is 5.66. The number of aromatic nitrogens is 3. The summed E-state index contributed by atoms with van der Waals surface area (Å²) in [6, 6.07) is 4.52. The van der Waals surface area contributed by atoms with Crippen molar-refractivity contribution >= 4 is 15.9 Å². The van der Waals surface area contributed by atoms with E-state index in [1.165, 1.54) is 12.1 Å². The van der Waals surface area contributed by atoms with E-state index in [0.717, 1.165) is 22.3 Å². The number of hydrogen-bond acceptors (Lipinski definition) is 3. The Morgan fingerprint density at radius 3 is 2.89 bits per heavy atom. The van der Waals surface area contributed by atoms with Crippen molar-refractivity contribution in [1.82, 2.24) is 20.3 Å². The van der Waals surface area contributed by atoms with Crippen molar-refractivity contribution < 1.29 is 4.39 Å². The molecule has 0 saturated carbocycles. The molecular formula is C12H14BrFN4. The summed E-state index contributed by atoms with van der Waals surface area (Å²) in [5.41, 5.74) is 1.73. The number of aryl methyl sites for hydroxylation is 1. The Morgan fingerprint density at radius 2 is 2.28 bits per heavy atom. The molecule has 96 valence electrons. The first-order chi connectivity index (χ1) is 8.63. The number of hydrogen-bond donors (Lipinski definition) is 1. The average Bonchev–Trinajstić information content (AvgIpc) is 2.76. The zero-order valence-electron chi connectivity index (χ0n) is 10.2. The highest BCUT2D eigenvalue weighted by molar-refractivity contribution is 9.10. The molecule has 0 fully saturated rings. The maximum atomic E-state index is 13.4. The van der Waals surface area contributed by atoms with E-state index in [0.29, 0.717) is 0 Å².